The smallest absolute Gasteiger partial charge is 0.310 e. The van der Waals surface area contributed by atoms with E-state index in [0.717, 1.165) is 0 Å². The third kappa shape index (κ3) is 3.05. The van der Waals surface area contributed by atoms with Crippen molar-refractivity contribution in [3.63, 3.8) is 0 Å². The van der Waals surface area contributed by atoms with Gasteiger partial charge >= 0.3 is 5.97 Å². The number of aromatic nitrogens is 1. The number of anilines is 1. The van der Waals surface area contributed by atoms with Gasteiger partial charge in [-0.3, -0.25) is 9.59 Å². The lowest BCUT2D eigenvalue weighted by Crippen LogP contribution is -2.37. The normalized spacial score (nSPS) is 14.4. The fraction of sp³-hybridized carbons (Fsp3) is 0.545. The molecule has 1 aromatic rings. The summed E-state index contributed by atoms with van der Waals surface area (Å²) in [7, 11) is 0. The lowest BCUT2D eigenvalue weighted by atomic mass is 9.76. The molecule has 1 rings (SSSR count). The predicted octanol–water partition coefficient (Wildman–Crippen LogP) is 1.75. The molecule has 17 heavy (non-hydrogen) atoms. The van der Waals surface area contributed by atoms with Crippen LogP contribution in [0.5, 0.6) is 0 Å². The van der Waals surface area contributed by atoms with Crippen LogP contribution in [0.1, 0.15) is 27.2 Å². The van der Waals surface area contributed by atoms with Gasteiger partial charge in [0.2, 0.25) is 5.91 Å². The van der Waals surface area contributed by atoms with Crippen LogP contribution >= 0.6 is 0 Å². The van der Waals surface area contributed by atoms with Crippen LogP contribution in [0, 0.1) is 11.3 Å². The van der Waals surface area contributed by atoms with Gasteiger partial charge in [-0.05, 0) is 12.8 Å². The molecule has 0 aliphatic rings. The number of carboxylic acid groups (broad SMARTS) is 1. The molecular weight excluding hydrogens is 224 g/mol. The molecule has 6 nitrogen and oxygen atoms in total. The topological polar surface area (TPSA) is 92.4 Å². The summed E-state index contributed by atoms with van der Waals surface area (Å²) in [5.74, 6) is -1.24. The molecule has 1 amide bonds. The van der Waals surface area contributed by atoms with Gasteiger partial charge in [0, 0.05) is 12.5 Å². The minimum Gasteiger partial charge on any atom is -0.481 e. The molecule has 0 saturated carbocycles. The summed E-state index contributed by atoms with van der Waals surface area (Å²) < 4.78 is 4.56. The Morgan fingerprint density at radius 2 is 2.24 bits per heavy atom. The van der Waals surface area contributed by atoms with Gasteiger partial charge in [-0.1, -0.05) is 19.0 Å². The number of carbonyl (C=O) groups excluding carboxylic acids is 1. The lowest BCUT2D eigenvalue weighted by Gasteiger charge is -2.28. The molecule has 0 saturated heterocycles. The van der Waals surface area contributed by atoms with Gasteiger partial charge in [-0.25, -0.2) is 0 Å². The van der Waals surface area contributed by atoms with Crippen molar-refractivity contribution in [3.05, 3.63) is 12.3 Å². The maximum atomic E-state index is 11.7. The molecule has 1 aromatic heterocycles. The zero-order chi connectivity index (χ0) is 13.1. The Bertz CT molecular complexity index is 400. The van der Waals surface area contributed by atoms with Crippen molar-refractivity contribution in [1.82, 2.24) is 5.16 Å². The molecular formula is C11H16N2O4. The number of amides is 1. The first-order chi connectivity index (χ1) is 7.86. The Hall–Kier alpha value is -1.85. The van der Waals surface area contributed by atoms with Gasteiger partial charge in [0.25, 0.3) is 0 Å². The van der Waals surface area contributed by atoms with Crippen molar-refractivity contribution >= 4 is 17.7 Å². The summed E-state index contributed by atoms with van der Waals surface area (Å²) in [5.41, 5.74) is -1.09. The SMILES string of the molecule is CC(C)C(C)(CC(=O)Nc1ccon1)C(=O)O. The molecule has 0 fully saturated rings. The van der Waals surface area contributed by atoms with E-state index in [1.807, 2.05) is 0 Å². The first kappa shape index (κ1) is 13.2. The summed E-state index contributed by atoms with van der Waals surface area (Å²) in [6.45, 7) is 5.11. The molecule has 0 radical (unpaired) electrons. The van der Waals surface area contributed by atoms with Crippen LogP contribution in [0.2, 0.25) is 0 Å². The highest BCUT2D eigenvalue weighted by molar-refractivity contribution is 5.93. The minimum atomic E-state index is -1.09. The van der Waals surface area contributed by atoms with E-state index in [1.165, 1.54) is 12.3 Å². The fourth-order valence-corrected chi connectivity index (χ4v) is 1.32. The van der Waals surface area contributed by atoms with Gasteiger partial charge in [0.05, 0.1) is 5.41 Å². The number of carboxylic acids is 1. The minimum absolute atomic E-state index is 0.104. The summed E-state index contributed by atoms with van der Waals surface area (Å²) in [4.78, 5) is 22.9. The Labute approximate surface area is 99.0 Å². The second kappa shape index (κ2) is 4.99. The largest absolute Gasteiger partial charge is 0.481 e. The van der Waals surface area contributed by atoms with E-state index in [4.69, 9.17) is 5.11 Å². The maximum absolute atomic E-state index is 11.7. The van der Waals surface area contributed by atoms with E-state index < -0.39 is 17.3 Å². The van der Waals surface area contributed by atoms with Crippen LogP contribution in [0.4, 0.5) is 5.82 Å². The summed E-state index contributed by atoms with van der Waals surface area (Å²) in [5, 5.41) is 15.2. The maximum Gasteiger partial charge on any atom is 0.310 e. The van der Waals surface area contributed by atoms with E-state index in [9.17, 15) is 9.59 Å². The molecule has 0 aliphatic heterocycles. The van der Waals surface area contributed by atoms with Crippen LogP contribution < -0.4 is 5.32 Å². The third-order valence-electron chi connectivity index (χ3n) is 3.00. The number of nitrogens with one attached hydrogen (secondary N) is 1. The molecule has 94 valence electrons. The van der Waals surface area contributed by atoms with Gasteiger partial charge in [-0.2, -0.15) is 0 Å². The number of rotatable bonds is 5. The molecule has 1 unspecified atom stereocenters. The lowest BCUT2D eigenvalue weighted by molar-refractivity contribution is -0.153. The predicted molar refractivity (Wildman–Crippen MR) is 60.3 cm³/mol. The molecule has 0 bridgehead atoms. The number of aliphatic carboxylic acids is 1. The van der Waals surface area contributed by atoms with Crippen molar-refractivity contribution in [2.45, 2.75) is 27.2 Å². The van der Waals surface area contributed by atoms with E-state index in [2.05, 4.69) is 15.0 Å². The van der Waals surface area contributed by atoms with Gasteiger partial charge in [0.1, 0.15) is 6.26 Å². The zero-order valence-electron chi connectivity index (χ0n) is 10.1. The van der Waals surface area contributed by atoms with Crippen molar-refractivity contribution in [3.8, 4) is 0 Å². The third-order valence-corrected chi connectivity index (χ3v) is 3.00. The average Bonchev–Trinajstić information content (AvgIpc) is 2.69. The number of hydrogen-bond donors (Lipinski definition) is 2. The van der Waals surface area contributed by atoms with Crippen LogP contribution in [0.15, 0.2) is 16.9 Å². The quantitative estimate of drug-likeness (QED) is 0.817. The van der Waals surface area contributed by atoms with Crippen molar-refractivity contribution in [1.29, 1.82) is 0 Å². The van der Waals surface area contributed by atoms with Crippen molar-refractivity contribution in [2.24, 2.45) is 11.3 Å². The van der Waals surface area contributed by atoms with Crippen molar-refractivity contribution in [2.75, 3.05) is 5.32 Å². The van der Waals surface area contributed by atoms with Crippen LogP contribution in [0.25, 0.3) is 0 Å². The van der Waals surface area contributed by atoms with Gasteiger partial charge in [-0.15, -0.1) is 0 Å². The standard InChI is InChI=1S/C11H16N2O4/c1-7(2)11(3,10(15)16)6-9(14)12-8-4-5-17-13-8/h4-5,7H,6H2,1-3H3,(H,15,16)(H,12,13,14). The highest BCUT2D eigenvalue weighted by Crippen LogP contribution is 2.31. The molecule has 1 heterocycles. The van der Waals surface area contributed by atoms with Gasteiger partial charge in [0.15, 0.2) is 5.82 Å². The second-order valence-electron chi connectivity index (χ2n) is 4.49. The summed E-state index contributed by atoms with van der Waals surface area (Å²) in [6, 6.07) is 1.49. The zero-order valence-corrected chi connectivity index (χ0v) is 10.1. The van der Waals surface area contributed by atoms with Crippen LogP contribution in [-0.2, 0) is 9.59 Å². The van der Waals surface area contributed by atoms with Crippen LogP contribution in [-0.4, -0.2) is 22.1 Å². The molecule has 6 heteroatoms. The first-order valence-corrected chi connectivity index (χ1v) is 5.30. The second-order valence-corrected chi connectivity index (χ2v) is 4.49. The fourth-order valence-electron chi connectivity index (χ4n) is 1.32. The van der Waals surface area contributed by atoms with Crippen LogP contribution in [0.3, 0.4) is 0 Å². The summed E-state index contributed by atoms with van der Waals surface area (Å²) >= 11 is 0. The van der Waals surface area contributed by atoms with E-state index in [1.54, 1.807) is 20.8 Å². The Balaban J connectivity index is 2.69. The molecule has 0 aromatic carbocycles. The Morgan fingerprint density at radius 1 is 1.59 bits per heavy atom. The Kier molecular flexibility index (Phi) is 3.88. The Morgan fingerprint density at radius 3 is 2.65 bits per heavy atom. The monoisotopic (exact) mass is 240 g/mol. The highest BCUT2D eigenvalue weighted by Gasteiger charge is 2.38. The molecule has 0 spiro atoms. The summed E-state index contributed by atoms with van der Waals surface area (Å²) in [6.07, 6.45) is 1.22. The molecule has 1 atom stereocenters. The average molecular weight is 240 g/mol. The van der Waals surface area contributed by atoms with E-state index in [0.29, 0.717) is 0 Å². The number of carbonyl (C=O) groups is 2. The van der Waals surface area contributed by atoms with E-state index >= 15 is 0 Å². The molecule has 0 aliphatic carbocycles. The first-order valence-electron chi connectivity index (χ1n) is 5.30. The van der Waals surface area contributed by atoms with Crippen molar-refractivity contribution < 1.29 is 19.2 Å². The van der Waals surface area contributed by atoms with Gasteiger partial charge < -0.3 is 14.9 Å². The molecule has 2 N–H and O–H groups in total. The number of nitrogens with zero attached hydrogens (tertiary/aromatic N) is 1. The number of hydrogen-bond acceptors (Lipinski definition) is 4. The van der Waals surface area contributed by atoms with E-state index in [-0.39, 0.29) is 18.2 Å². The highest BCUT2D eigenvalue weighted by atomic mass is 16.5.